The number of aromatic amines is 1. The standard InChI is InChI=1S/C10H11ClN2O2/c11-4-9(14)10(15)6-3-8-7(13-5-6)1-2-12-8/h1-3,5,9-10,12,14-15H,4H2. The van der Waals surface area contributed by atoms with Gasteiger partial charge >= 0.3 is 0 Å². The minimum atomic E-state index is -0.998. The molecule has 0 bridgehead atoms. The minimum Gasteiger partial charge on any atom is -0.389 e. The molecule has 3 N–H and O–H groups in total. The lowest BCUT2D eigenvalue weighted by molar-refractivity contribution is 0.0326. The SMILES string of the molecule is OC(CCl)C(O)c1cnc2cc[nH]c2c1. The molecule has 2 unspecified atom stereocenters. The second-order valence-corrected chi connectivity index (χ2v) is 3.65. The molecule has 0 aromatic carbocycles. The van der Waals surface area contributed by atoms with E-state index in [0.29, 0.717) is 5.56 Å². The summed E-state index contributed by atoms with van der Waals surface area (Å²) in [5.74, 6) is -0.00999. The first-order valence-electron chi connectivity index (χ1n) is 4.57. The monoisotopic (exact) mass is 226 g/mol. The summed E-state index contributed by atoms with van der Waals surface area (Å²) in [5, 5.41) is 19.1. The molecule has 2 aromatic rings. The van der Waals surface area contributed by atoms with E-state index in [2.05, 4.69) is 9.97 Å². The molecule has 15 heavy (non-hydrogen) atoms. The Balaban J connectivity index is 2.35. The highest BCUT2D eigenvalue weighted by Crippen LogP contribution is 2.20. The Labute approximate surface area is 91.5 Å². The highest BCUT2D eigenvalue weighted by atomic mass is 35.5. The predicted octanol–water partition coefficient (Wildman–Crippen LogP) is 1.20. The summed E-state index contributed by atoms with van der Waals surface area (Å²) in [6, 6.07) is 3.59. The summed E-state index contributed by atoms with van der Waals surface area (Å²) in [5.41, 5.74) is 2.21. The quantitative estimate of drug-likeness (QED) is 0.689. The van der Waals surface area contributed by atoms with E-state index < -0.39 is 12.2 Å². The summed E-state index contributed by atoms with van der Waals surface area (Å²) < 4.78 is 0. The zero-order chi connectivity index (χ0) is 10.8. The van der Waals surface area contributed by atoms with Crippen molar-refractivity contribution < 1.29 is 10.2 Å². The number of pyridine rings is 1. The fraction of sp³-hybridized carbons (Fsp3) is 0.300. The first-order valence-corrected chi connectivity index (χ1v) is 5.11. The van der Waals surface area contributed by atoms with Crippen LogP contribution in [0.5, 0.6) is 0 Å². The van der Waals surface area contributed by atoms with Crippen LogP contribution in [0.3, 0.4) is 0 Å². The lowest BCUT2D eigenvalue weighted by Crippen LogP contribution is -2.19. The highest BCUT2D eigenvalue weighted by molar-refractivity contribution is 6.18. The highest BCUT2D eigenvalue weighted by Gasteiger charge is 2.17. The summed E-state index contributed by atoms with van der Waals surface area (Å²) >= 11 is 5.46. The number of nitrogens with one attached hydrogen (secondary N) is 1. The predicted molar refractivity (Wildman–Crippen MR) is 57.8 cm³/mol. The Morgan fingerprint density at radius 1 is 1.47 bits per heavy atom. The first kappa shape index (κ1) is 10.4. The zero-order valence-electron chi connectivity index (χ0n) is 7.89. The van der Waals surface area contributed by atoms with Crippen LogP contribution in [-0.2, 0) is 0 Å². The molecule has 0 aliphatic carbocycles. The number of halogens is 1. The number of aliphatic hydroxyl groups excluding tert-OH is 2. The van der Waals surface area contributed by atoms with Crippen LogP contribution in [0.2, 0.25) is 0 Å². The molecule has 2 aromatic heterocycles. The second kappa shape index (κ2) is 4.18. The maximum Gasteiger partial charge on any atom is 0.108 e. The van der Waals surface area contributed by atoms with E-state index in [4.69, 9.17) is 11.6 Å². The Morgan fingerprint density at radius 2 is 2.27 bits per heavy atom. The number of aromatic nitrogens is 2. The maximum absolute atomic E-state index is 9.70. The van der Waals surface area contributed by atoms with Gasteiger partial charge in [-0.25, -0.2) is 0 Å². The number of aliphatic hydroxyl groups is 2. The summed E-state index contributed by atoms with van der Waals surface area (Å²) in [7, 11) is 0. The van der Waals surface area contributed by atoms with Crippen molar-refractivity contribution in [3.8, 4) is 0 Å². The van der Waals surface area contributed by atoms with Gasteiger partial charge in [-0.15, -0.1) is 11.6 Å². The average Bonchev–Trinajstić information content (AvgIpc) is 2.73. The van der Waals surface area contributed by atoms with Gasteiger partial charge in [0.05, 0.1) is 23.0 Å². The molecular weight excluding hydrogens is 216 g/mol. The average molecular weight is 227 g/mol. The van der Waals surface area contributed by atoms with Gasteiger partial charge < -0.3 is 15.2 Å². The molecule has 2 rings (SSSR count). The van der Waals surface area contributed by atoms with Gasteiger partial charge in [-0.2, -0.15) is 0 Å². The molecule has 0 aliphatic rings. The van der Waals surface area contributed by atoms with Crippen molar-refractivity contribution in [3.05, 3.63) is 30.1 Å². The third-order valence-corrected chi connectivity index (χ3v) is 2.60. The van der Waals surface area contributed by atoms with Crippen molar-refractivity contribution in [2.24, 2.45) is 0 Å². The van der Waals surface area contributed by atoms with Crippen LogP contribution in [0.15, 0.2) is 24.5 Å². The molecule has 80 valence electrons. The largest absolute Gasteiger partial charge is 0.389 e. The molecule has 5 heteroatoms. The Kier molecular flexibility index (Phi) is 2.90. The van der Waals surface area contributed by atoms with Crippen LogP contribution in [-0.4, -0.2) is 32.2 Å². The third kappa shape index (κ3) is 1.97. The number of hydrogen-bond acceptors (Lipinski definition) is 3. The molecule has 2 atom stereocenters. The van der Waals surface area contributed by atoms with Crippen LogP contribution in [0.1, 0.15) is 11.7 Å². The van der Waals surface area contributed by atoms with Crippen molar-refractivity contribution in [2.75, 3.05) is 5.88 Å². The van der Waals surface area contributed by atoms with Crippen molar-refractivity contribution in [1.29, 1.82) is 0 Å². The van der Waals surface area contributed by atoms with Gasteiger partial charge in [0.25, 0.3) is 0 Å². The van der Waals surface area contributed by atoms with E-state index in [1.54, 1.807) is 12.3 Å². The molecule has 0 fully saturated rings. The molecule has 0 aliphatic heterocycles. The minimum absolute atomic E-state index is 0.00999. The van der Waals surface area contributed by atoms with Gasteiger partial charge in [0.2, 0.25) is 0 Å². The molecule has 0 saturated carbocycles. The van der Waals surface area contributed by atoms with Crippen LogP contribution in [0, 0.1) is 0 Å². The molecule has 2 heterocycles. The van der Waals surface area contributed by atoms with Crippen molar-refractivity contribution in [2.45, 2.75) is 12.2 Å². The van der Waals surface area contributed by atoms with Gasteiger partial charge in [-0.1, -0.05) is 0 Å². The van der Waals surface area contributed by atoms with Crippen LogP contribution in [0.4, 0.5) is 0 Å². The smallest absolute Gasteiger partial charge is 0.108 e. The second-order valence-electron chi connectivity index (χ2n) is 3.35. The van der Waals surface area contributed by atoms with Gasteiger partial charge in [-0.05, 0) is 12.1 Å². The lowest BCUT2D eigenvalue weighted by Gasteiger charge is -2.15. The normalized spacial score (nSPS) is 15.4. The van der Waals surface area contributed by atoms with Crippen LogP contribution < -0.4 is 0 Å². The first-order chi connectivity index (χ1) is 7.22. The summed E-state index contributed by atoms with van der Waals surface area (Å²) in [6.07, 6.45) is 1.34. The Bertz CT molecular complexity index is 457. The number of fused-ring (bicyclic) bond motifs is 1. The lowest BCUT2D eigenvalue weighted by atomic mass is 10.1. The van der Waals surface area contributed by atoms with E-state index in [1.807, 2.05) is 6.07 Å². The molecule has 0 radical (unpaired) electrons. The number of rotatable bonds is 3. The number of H-pyrrole nitrogens is 1. The van der Waals surface area contributed by atoms with Crippen molar-refractivity contribution >= 4 is 22.6 Å². The summed E-state index contributed by atoms with van der Waals surface area (Å²) in [6.45, 7) is 0. The van der Waals surface area contributed by atoms with Crippen molar-refractivity contribution in [1.82, 2.24) is 9.97 Å². The van der Waals surface area contributed by atoms with E-state index in [0.717, 1.165) is 11.0 Å². The number of alkyl halides is 1. The fourth-order valence-corrected chi connectivity index (χ4v) is 1.59. The van der Waals surface area contributed by atoms with Gasteiger partial charge in [0, 0.05) is 18.0 Å². The zero-order valence-corrected chi connectivity index (χ0v) is 8.65. The van der Waals surface area contributed by atoms with E-state index in [-0.39, 0.29) is 5.88 Å². The summed E-state index contributed by atoms with van der Waals surface area (Å²) in [4.78, 5) is 7.12. The number of hydrogen-bond donors (Lipinski definition) is 3. The van der Waals surface area contributed by atoms with E-state index in [1.165, 1.54) is 6.20 Å². The molecular formula is C10H11ClN2O2. The van der Waals surface area contributed by atoms with E-state index >= 15 is 0 Å². The molecule has 0 saturated heterocycles. The van der Waals surface area contributed by atoms with Gasteiger partial charge in [0.1, 0.15) is 6.10 Å². The van der Waals surface area contributed by atoms with E-state index in [9.17, 15) is 10.2 Å². The fourth-order valence-electron chi connectivity index (χ4n) is 1.42. The number of nitrogens with zero attached hydrogens (tertiary/aromatic N) is 1. The van der Waals surface area contributed by atoms with Crippen molar-refractivity contribution in [3.63, 3.8) is 0 Å². The Hall–Kier alpha value is -1.10. The molecule has 4 nitrogen and oxygen atoms in total. The third-order valence-electron chi connectivity index (χ3n) is 2.28. The van der Waals surface area contributed by atoms with Crippen LogP contribution >= 0.6 is 11.6 Å². The van der Waals surface area contributed by atoms with Gasteiger partial charge in [0.15, 0.2) is 0 Å². The maximum atomic E-state index is 9.70. The topological polar surface area (TPSA) is 69.1 Å². The molecule has 0 amide bonds. The van der Waals surface area contributed by atoms with Crippen LogP contribution in [0.25, 0.3) is 11.0 Å². The van der Waals surface area contributed by atoms with Gasteiger partial charge in [-0.3, -0.25) is 4.98 Å². The Morgan fingerprint density at radius 3 is 3.00 bits per heavy atom. The molecule has 0 spiro atoms.